The van der Waals surface area contributed by atoms with Gasteiger partial charge in [-0.25, -0.2) is 4.99 Å². The molecule has 0 radical (unpaired) electrons. The molecule has 2 aromatic rings. The van der Waals surface area contributed by atoms with Gasteiger partial charge in [0.25, 0.3) is 0 Å². The topological polar surface area (TPSA) is 27.6 Å². The molecule has 4 rings (SSSR count). The third-order valence-electron chi connectivity index (χ3n) is 6.55. The van der Waals surface area contributed by atoms with Gasteiger partial charge in [0.05, 0.1) is 6.04 Å². The van der Waals surface area contributed by atoms with Gasteiger partial charge in [-0.3, -0.25) is 0 Å². The van der Waals surface area contributed by atoms with E-state index in [9.17, 15) is 0 Å². The van der Waals surface area contributed by atoms with E-state index in [0.717, 1.165) is 19.0 Å². The highest BCUT2D eigenvalue weighted by molar-refractivity contribution is 5.80. The SMILES string of the molecule is c1ccc(CN(Cc2ccccc2)C(=NC2CCCCC2)NC2CCCCC2)cc1. The number of guanidine groups is 1. The zero-order chi connectivity index (χ0) is 20.4. The predicted molar refractivity (Wildman–Crippen MR) is 126 cm³/mol. The van der Waals surface area contributed by atoms with E-state index in [1.807, 2.05) is 0 Å². The van der Waals surface area contributed by atoms with Gasteiger partial charge in [0.1, 0.15) is 0 Å². The van der Waals surface area contributed by atoms with E-state index in [1.54, 1.807) is 0 Å². The third-order valence-corrected chi connectivity index (χ3v) is 6.55. The Morgan fingerprint density at radius 2 is 1.20 bits per heavy atom. The van der Waals surface area contributed by atoms with Crippen molar-refractivity contribution >= 4 is 5.96 Å². The van der Waals surface area contributed by atoms with Crippen molar-refractivity contribution in [3.8, 4) is 0 Å². The standard InChI is InChI=1S/C27H37N3/c1-5-13-23(14-6-1)21-30(22-24-15-7-2-8-16-24)27(28-25-17-9-3-10-18-25)29-26-19-11-4-12-20-26/h1-2,5-8,13-16,25-26H,3-4,9-12,17-22H2,(H,28,29). The Labute approximate surface area is 182 Å². The van der Waals surface area contributed by atoms with Crippen molar-refractivity contribution in [1.82, 2.24) is 10.2 Å². The molecule has 0 atom stereocenters. The van der Waals surface area contributed by atoms with Crippen molar-refractivity contribution in [2.24, 2.45) is 4.99 Å². The van der Waals surface area contributed by atoms with Crippen molar-refractivity contribution in [3.05, 3.63) is 71.8 Å². The minimum absolute atomic E-state index is 0.471. The second kappa shape index (κ2) is 11.2. The van der Waals surface area contributed by atoms with E-state index >= 15 is 0 Å². The number of benzene rings is 2. The summed E-state index contributed by atoms with van der Waals surface area (Å²) in [4.78, 5) is 7.83. The fourth-order valence-corrected chi connectivity index (χ4v) is 4.84. The zero-order valence-corrected chi connectivity index (χ0v) is 18.3. The van der Waals surface area contributed by atoms with Gasteiger partial charge in [-0.2, -0.15) is 0 Å². The van der Waals surface area contributed by atoms with Gasteiger partial charge in [-0.05, 0) is 36.8 Å². The Kier molecular flexibility index (Phi) is 7.82. The van der Waals surface area contributed by atoms with Crippen LogP contribution in [0, 0.1) is 0 Å². The van der Waals surface area contributed by atoms with Crippen LogP contribution in [0.5, 0.6) is 0 Å². The molecule has 2 aliphatic rings. The van der Waals surface area contributed by atoms with Crippen molar-refractivity contribution in [1.29, 1.82) is 0 Å². The highest BCUT2D eigenvalue weighted by atomic mass is 15.3. The predicted octanol–water partition coefficient (Wildman–Crippen LogP) is 6.30. The molecule has 0 amide bonds. The molecular formula is C27H37N3. The van der Waals surface area contributed by atoms with Crippen LogP contribution in [0.2, 0.25) is 0 Å². The Morgan fingerprint density at radius 3 is 1.73 bits per heavy atom. The van der Waals surface area contributed by atoms with Crippen molar-refractivity contribution < 1.29 is 0 Å². The van der Waals surface area contributed by atoms with E-state index in [4.69, 9.17) is 4.99 Å². The first-order valence-corrected chi connectivity index (χ1v) is 12.0. The Hall–Kier alpha value is -2.29. The Balaban J connectivity index is 1.60. The van der Waals surface area contributed by atoms with Gasteiger partial charge in [0, 0.05) is 19.1 Å². The van der Waals surface area contributed by atoms with Crippen LogP contribution in [0.15, 0.2) is 65.7 Å². The fraction of sp³-hybridized carbons (Fsp3) is 0.519. The number of hydrogen-bond acceptors (Lipinski definition) is 1. The highest BCUT2D eigenvalue weighted by Gasteiger charge is 2.22. The van der Waals surface area contributed by atoms with E-state index in [-0.39, 0.29) is 0 Å². The molecule has 30 heavy (non-hydrogen) atoms. The molecule has 2 fully saturated rings. The first-order valence-electron chi connectivity index (χ1n) is 12.0. The van der Waals surface area contributed by atoms with Crippen LogP contribution in [0.3, 0.4) is 0 Å². The average Bonchev–Trinajstić information content (AvgIpc) is 2.81. The largest absolute Gasteiger partial charge is 0.353 e. The maximum Gasteiger partial charge on any atom is 0.195 e. The molecule has 0 heterocycles. The maximum atomic E-state index is 5.35. The van der Waals surface area contributed by atoms with E-state index in [1.165, 1.54) is 75.3 Å². The zero-order valence-electron chi connectivity index (χ0n) is 18.3. The molecule has 160 valence electrons. The molecular weight excluding hydrogens is 366 g/mol. The first kappa shape index (κ1) is 21.0. The molecule has 0 unspecified atom stereocenters. The van der Waals surface area contributed by atoms with Crippen LogP contribution in [0.1, 0.15) is 75.3 Å². The van der Waals surface area contributed by atoms with Gasteiger partial charge >= 0.3 is 0 Å². The average molecular weight is 404 g/mol. The van der Waals surface area contributed by atoms with E-state index in [0.29, 0.717) is 12.1 Å². The van der Waals surface area contributed by atoms with Gasteiger partial charge in [0.2, 0.25) is 0 Å². The molecule has 0 aromatic heterocycles. The Morgan fingerprint density at radius 1 is 0.700 bits per heavy atom. The van der Waals surface area contributed by atoms with Gasteiger partial charge < -0.3 is 10.2 Å². The number of nitrogens with one attached hydrogen (secondary N) is 1. The molecule has 3 nitrogen and oxygen atoms in total. The number of hydrogen-bond donors (Lipinski definition) is 1. The summed E-state index contributed by atoms with van der Waals surface area (Å²) in [6.07, 6.45) is 13.1. The molecule has 2 saturated carbocycles. The van der Waals surface area contributed by atoms with E-state index in [2.05, 4.69) is 70.9 Å². The van der Waals surface area contributed by atoms with Crippen LogP contribution in [0.25, 0.3) is 0 Å². The van der Waals surface area contributed by atoms with Crippen LogP contribution < -0.4 is 5.32 Å². The van der Waals surface area contributed by atoms with Crippen molar-refractivity contribution in [2.45, 2.75) is 89.4 Å². The molecule has 0 bridgehead atoms. The van der Waals surface area contributed by atoms with Crippen molar-refractivity contribution in [3.63, 3.8) is 0 Å². The lowest BCUT2D eigenvalue weighted by molar-refractivity contribution is 0.346. The lowest BCUT2D eigenvalue weighted by Gasteiger charge is -2.33. The number of rotatable bonds is 6. The minimum atomic E-state index is 0.471. The highest BCUT2D eigenvalue weighted by Crippen LogP contribution is 2.23. The second-order valence-electron chi connectivity index (χ2n) is 9.05. The Bertz CT molecular complexity index is 718. The molecule has 3 heteroatoms. The van der Waals surface area contributed by atoms with Gasteiger partial charge in [0.15, 0.2) is 5.96 Å². The normalized spacial score (nSPS) is 18.9. The second-order valence-corrected chi connectivity index (χ2v) is 9.05. The fourth-order valence-electron chi connectivity index (χ4n) is 4.84. The summed E-state index contributed by atoms with van der Waals surface area (Å²) >= 11 is 0. The molecule has 2 aromatic carbocycles. The number of aliphatic imine (C=N–C) groups is 1. The van der Waals surface area contributed by atoms with Crippen LogP contribution in [0.4, 0.5) is 0 Å². The molecule has 0 saturated heterocycles. The van der Waals surface area contributed by atoms with E-state index < -0.39 is 0 Å². The number of nitrogens with zero attached hydrogens (tertiary/aromatic N) is 2. The maximum absolute atomic E-state index is 5.35. The molecule has 2 aliphatic carbocycles. The third kappa shape index (κ3) is 6.35. The summed E-state index contributed by atoms with van der Waals surface area (Å²) in [5, 5.41) is 3.92. The summed E-state index contributed by atoms with van der Waals surface area (Å²) in [5.74, 6) is 1.13. The lowest BCUT2D eigenvalue weighted by Crippen LogP contribution is -2.46. The quantitative estimate of drug-likeness (QED) is 0.453. The molecule has 0 aliphatic heterocycles. The lowest BCUT2D eigenvalue weighted by atomic mass is 9.95. The van der Waals surface area contributed by atoms with Gasteiger partial charge in [-0.15, -0.1) is 0 Å². The summed E-state index contributed by atoms with van der Waals surface area (Å²) in [5.41, 5.74) is 2.69. The minimum Gasteiger partial charge on any atom is -0.353 e. The van der Waals surface area contributed by atoms with Crippen LogP contribution in [-0.4, -0.2) is 22.9 Å². The van der Waals surface area contributed by atoms with Crippen LogP contribution >= 0.6 is 0 Å². The monoisotopic (exact) mass is 403 g/mol. The smallest absolute Gasteiger partial charge is 0.195 e. The summed E-state index contributed by atoms with van der Waals surface area (Å²) < 4.78 is 0. The molecule has 1 N–H and O–H groups in total. The van der Waals surface area contributed by atoms with Gasteiger partial charge in [-0.1, -0.05) is 99.2 Å². The summed E-state index contributed by atoms with van der Waals surface area (Å²) in [6, 6.07) is 22.7. The first-order chi connectivity index (χ1) is 14.9. The summed E-state index contributed by atoms with van der Waals surface area (Å²) in [7, 11) is 0. The van der Waals surface area contributed by atoms with Crippen LogP contribution in [-0.2, 0) is 13.1 Å². The van der Waals surface area contributed by atoms with Crippen molar-refractivity contribution in [2.75, 3.05) is 0 Å². The molecule has 0 spiro atoms. The summed E-state index contributed by atoms with van der Waals surface area (Å²) in [6.45, 7) is 1.78.